The fourth-order valence-electron chi connectivity index (χ4n) is 1.65. The molecule has 0 aliphatic heterocycles. The van der Waals surface area contributed by atoms with Crippen molar-refractivity contribution in [3.05, 3.63) is 46.5 Å². The van der Waals surface area contributed by atoms with Gasteiger partial charge in [0.05, 0.1) is 16.4 Å². The van der Waals surface area contributed by atoms with Crippen LogP contribution in [-0.2, 0) is 11.3 Å². The summed E-state index contributed by atoms with van der Waals surface area (Å²) < 4.78 is 14.9. The molecule has 1 aromatic heterocycles. The molecule has 1 N–H and O–H groups in total. The van der Waals surface area contributed by atoms with Crippen LogP contribution in [0.4, 0.5) is 10.1 Å². The number of benzene rings is 1. The minimum Gasteiger partial charge on any atom is -0.322 e. The maximum Gasteiger partial charge on any atom is 0.246 e. The van der Waals surface area contributed by atoms with Gasteiger partial charge in [-0.1, -0.05) is 17.7 Å². The van der Waals surface area contributed by atoms with Crippen molar-refractivity contribution in [2.45, 2.75) is 20.4 Å². The van der Waals surface area contributed by atoms with Crippen LogP contribution in [0.1, 0.15) is 11.3 Å². The number of halogens is 2. The van der Waals surface area contributed by atoms with Crippen molar-refractivity contribution in [1.82, 2.24) is 9.78 Å². The van der Waals surface area contributed by atoms with Crippen molar-refractivity contribution in [2.75, 3.05) is 5.32 Å². The minimum absolute atomic E-state index is 0.0130. The second-order valence-corrected chi connectivity index (χ2v) is 4.70. The quantitative estimate of drug-likeness (QED) is 0.940. The molecule has 0 saturated heterocycles. The summed E-state index contributed by atoms with van der Waals surface area (Å²) in [6.07, 6.45) is 1.56. The highest BCUT2D eigenvalue weighted by atomic mass is 35.5. The molecule has 0 radical (unpaired) electrons. The van der Waals surface area contributed by atoms with Crippen LogP contribution in [0.25, 0.3) is 0 Å². The first-order chi connectivity index (χ1) is 8.95. The molecule has 0 fully saturated rings. The van der Waals surface area contributed by atoms with Gasteiger partial charge in [-0.25, -0.2) is 4.39 Å². The number of aromatic nitrogens is 2. The third kappa shape index (κ3) is 3.32. The number of aryl methyl sites for hydroxylation is 2. The Kier molecular flexibility index (Phi) is 3.85. The summed E-state index contributed by atoms with van der Waals surface area (Å²) in [7, 11) is 0. The number of nitrogens with zero attached hydrogens (tertiary/aromatic N) is 2. The Bertz CT molecular complexity index is 605. The summed E-state index contributed by atoms with van der Waals surface area (Å²) >= 11 is 5.84. The molecular weight excluding hydrogens is 269 g/mol. The lowest BCUT2D eigenvalue weighted by atomic mass is 10.2. The predicted octanol–water partition coefficient (Wildman–Crippen LogP) is 2.93. The summed E-state index contributed by atoms with van der Waals surface area (Å²) in [6.45, 7) is 3.56. The second kappa shape index (κ2) is 5.40. The van der Waals surface area contributed by atoms with E-state index in [1.165, 1.54) is 10.7 Å². The first kappa shape index (κ1) is 13.5. The smallest absolute Gasteiger partial charge is 0.246 e. The second-order valence-electron chi connectivity index (χ2n) is 4.29. The van der Waals surface area contributed by atoms with Crippen molar-refractivity contribution < 1.29 is 9.18 Å². The zero-order valence-corrected chi connectivity index (χ0v) is 11.3. The van der Waals surface area contributed by atoms with Gasteiger partial charge in [0.2, 0.25) is 5.91 Å². The van der Waals surface area contributed by atoms with Crippen LogP contribution in [0, 0.1) is 19.7 Å². The molecule has 0 atom stereocenters. The first-order valence-corrected chi connectivity index (χ1v) is 6.09. The summed E-state index contributed by atoms with van der Waals surface area (Å²) in [5, 5.41) is 7.07. The average Bonchev–Trinajstić information content (AvgIpc) is 2.63. The molecule has 2 aromatic rings. The van der Waals surface area contributed by atoms with Gasteiger partial charge < -0.3 is 5.32 Å². The van der Waals surface area contributed by atoms with E-state index in [-0.39, 0.29) is 18.1 Å². The Labute approximate surface area is 115 Å². The Balaban J connectivity index is 2.07. The highest BCUT2D eigenvalue weighted by Gasteiger charge is 2.09. The van der Waals surface area contributed by atoms with Crippen molar-refractivity contribution in [2.24, 2.45) is 0 Å². The minimum atomic E-state index is -0.464. The topological polar surface area (TPSA) is 46.9 Å². The molecule has 1 heterocycles. The van der Waals surface area contributed by atoms with E-state index in [2.05, 4.69) is 10.4 Å². The first-order valence-electron chi connectivity index (χ1n) is 5.71. The third-order valence-electron chi connectivity index (χ3n) is 2.59. The van der Waals surface area contributed by atoms with E-state index in [9.17, 15) is 9.18 Å². The normalized spacial score (nSPS) is 10.5. The van der Waals surface area contributed by atoms with E-state index < -0.39 is 5.82 Å². The van der Waals surface area contributed by atoms with Gasteiger partial charge in [-0.05, 0) is 31.5 Å². The van der Waals surface area contributed by atoms with Gasteiger partial charge in [-0.15, -0.1) is 0 Å². The largest absolute Gasteiger partial charge is 0.322 e. The van der Waals surface area contributed by atoms with Gasteiger partial charge >= 0.3 is 0 Å². The Hall–Kier alpha value is -1.88. The zero-order valence-electron chi connectivity index (χ0n) is 10.6. The predicted molar refractivity (Wildman–Crippen MR) is 71.7 cm³/mol. The maximum atomic E-state index is 13.5. The lowest BCUT2D eigenvalue weighted by molar-refractivity contribution is -0.116. The van der Waals surface area contributed by atoms with Gasteiger partial charge in [0.15, 0.2) is 0 Å². The molecule has 6 heteroatoms. The molecule has 4 nitrogen and oxygen atoms in total. The summed E-state index contributed by atoms with van der Waals surface area (Å²) in [6, 6.07) is 4.54. The number of nitrogens with one attached hydrogen (secondary N) is 1. The molecule has 100 valence electrons. The lowest BCUT2D eigenvalue weighted by Crippen LogP contribution is -2.19. The van der Waals surface area contributed by atoms with E-state index >= 15 is 0 Å². The van der Waals surface area contributed by atoms with E-state index in [0.29, 0.717) is 10.7 Å². The number of carbonyl (C=O) groups excluding carboxylic acids is 1. The fraction of sp³-hybridized carbons (Fsp3) is 0.231. The number of amides is 1. The molecular formula is C13H13ClFN3O. The molecule has 0 unspecified atom stereocenters. The number of hydrogen-bond donors (Lipinski definition) is 1. The Morgan fingerprint density at radius 1 is 1.47 bits per heavy atom. The monoisotopic (exact) mass is 281 g/mol. The molecule has 2 rings (SSSR count). The molecule has 0 saturated carbocycles. The van der Waals surface area contributed by atoms with E-state index in [0.717, 1.165) is 5.56 Å². The van der Waals surface area contributed by atoms with Crippen LogP contribution in [0.2, 0.25) is 5.02 Å². The summed E-state index contributed by atoms with van der Waals surface area (Å²) in [4.78, 5) is 11.8. The van der Waals surface area contributed by atoms with Gasteiger partial charge in [-0.2, -0.15) is 5.10 Å². The van der Waals surface area contributed by atoms with Crippen LogP contribution in [-0.4, -0.2) is 15.7 Å². The number of carbonyl (C=O) groups is 1. The third-order valence-corrected chi connectivity index (χ3v) is 2.96. The van der Waals surface area contributed by atoms with Gasteiger partial charge in [-0.3, -0.25) is 9.48 Å². The van der Waals surface area contributed by atoms with Crippen LogP contribution < -0.4 is 5.32 Å². The highest BCUT2D eigenvalue weighted by Crippen LogP contribution is 2.16. The van der Waals surface area contributed by atoms with Crippen LogP contribution in [0.5, 0.6) is 0 Å². The number of anilines is 1. The van der Waals surface area contributed by atoms with Crippen molar-refractivity contribution >= 4 is 23.2 Å². The maximum absolute atomic E-state index is 13.5. The van der Waals surface area contributed by atoms with Crippen LogP contribution >= 0.6 is 11.6 Å². The molecule has 0 aliphatic rings. The fourth-order valence-corrected chi connectivity index (χ4v) is 1.80. The lowest BCUT2D eigenvalue weighted by Gasteiger charge is -2.07. The Morgan fingerprint density at radius 2 is 2.21 bits per heavy atom. The van der Waals surface area contributed by atoms with Crippen LogP contribution in [0.3, 0.4) is 0 Å². The van der Waals surface area contributed by atoms with Crippen molar-refractivity contribution in [3.8, 4) is 0 Å². The molecule has 0 aliphatic carbocycles. The van der Waals surface area contributed by atoms with E-state index in [1.807, 2.05) is 6.92 Å². The van der Waals surface area contributed by atoms with Gasteiger partial charge in [0.25, 0.3) is 0 Å². The molecule has 1 aromatic carbocycles. The summed E-state index contributed by atoms with van der Waals surface area (Å²) in [5.74, 6) is -0.822. The van der Waals surface area contributed by atoms with E-state index in [1.54, 1.807) is 25.3 Å². The van der Waals surface area contributed by atoms with Gasteiger partial charge in [0, 0.05) is 6.20 Å². The van der Waals surface area contributed by atoms with Crippen molar-refractivity contribution in [3.63, 3.8) is 0 Å². The Morgan fingerprint density at radius 3 is 2.84 bits per heavy atom. The standard InChI is InChI=1S/C13H13ClFN3O/c1-8-3-4-11(15)12(5-8)16-13(19)7-18-6-10(14)9(2)17-18/h3-6H,7H2,1-2H3,(H,16,19). The average molecular weight is 282 g/mol. The number of rotatable bonds is 3. The molecule has 0 bridgehead atoms. The molecule has 0 spiro atoms. The highest BCUT2D eigenvalue weighted by molar-refractivity contribution is 6.31. The SMILES string of the molecule is Cc1ccc(F)c(NC(=O)Cn2cc(Cl)c(C)n2)c1. The van der Waals surface area contributed by atoms with Crippen molar-refractivity contribution in [1.29, 1.82) is 0 Å². The van der Waals surface area contributed by atoms with Crippen LogP contribution in [0.15, 0.2) is 24.4 Å². The number of hydrogen-bond acceptors (Lipinski definition) is 2. The van der Waals surface area contributed by atoms with Gasteiger partial charge in [0.1, 0.15) is 12.4 Å². The zero-order chi connectivity index (χ0) is 14.0. The van der Waals surface area contributed by atoms with E-state index in [4.69, 9.17) is 11.6 Å². The molecule has 1 amide bonds. The molecule has 19 heavy (non-hydrogen) atoms. The summed E-state index contributed by atoms with van der Waals surface area (Å²) in [5.41, 5.74) is 1.69.